The molecule has 0 spiro atoms. The second-order valence-electron chi connectivity index (χ2n) is 7.06. The number of fused-ring (bicyclic) bond motifs is 1. The number of benzene rings is 3. The molecule has 0 aliphatic heterocycles. The summed E-state index contributed by atoms with van der Waals surface area (Å²) in [6.45, 7) is 0.433. The maximum absolute atomic E-state index is 6.01. The van der Waals surface area contributed by atoms with Gasteiger partial charge in [-0.25, -0.2) is 10.1 Å². The van der Waals surface area contributed by atoms with Gasteiger partial charge in [-0.2, -0.15) is 0 Å². The number of tetrazole rings is 1. The van der Waals surface area contributed by atoms with Crippen molar-refractivity contribution >= 4 is 10.9 Å². The highest BCUT2D eigenvalue weighted by molar-refractivity contribution is 5.78. The molecular weight excluding hydrogens is 374 g/mol. The SMILES string of the molecule is c1cc(Cc2cccc(-c3nnn[nH]3)c2)cc(OCc2ccc3ccccc3n2)c1. The number of ether oxygens (including phenoxy) is 1. The molecule has 0 unspecified atom stereocenters. The molecule has 0 atom stereocenters. The maximum Gasteiger partial charge on any atom is 0.179 e. The highest BCUT2D eigenvalue weighted by Gasteiger charge is 2.05. The number of pyridine rings is 1. The van der Waals surface area contributed by atoms with Gasteiger partial charge in [0.1, 0.15) is 12.4 Å². The zero-order valence-corrected chi connectivity index (χ0v) is 16.2. The van der Waals surface area contributed by atoms with Crippen molar-refractivity contribution in [2.24, 2.45) is 0 Å². The molecule has 0 radical (unpaired) electrons. The minimum atomic E-state index is 0.433. The second kappa shape index (κ2) is 8.13. The molecule has 0 aliphatic rings. The van der Waals surface area contributed by atoms with Crippen molar-refractivity contribution in [1.29, 1.82) is 0 Å². The molecule has 3 aromatic carbocycles. The van der Waals surface area contributed by atoms with Gasteiger partial charge in [-0.1, -0.05) is 54.6 Å². The monoisotopic (exact) mass is 393 g/mol. The van der Waals surface area contributed by atoms with Gasteiger partial charge in [0.05, 0.1) is 11.2 Å². The van der Waals surface area contributed by atoms with E-state index in [1.54, 1.807) is 0 Å². The van der Waals surface area contributed by atoms with Crippen molar-refractivity contribution in [1.82, 2.24) is 25.6 Å². The van der Waals surface area contributed by atoms with E-state index < -0.39 is 0 Å². The summed E-state index contributed by atoms with van der Waals surface area (Å²) in [4.78, 5) is 4.67. The number of nitrogens with zero attached hydrogens (tertiary/aromatic N) is 4. The van der Waals surface area contributed by atoms with Crippen molar-refractivity contribution in [2.75, 3.05) is 0 Å². The largest absolute Gasteiger partial charge is 0.487 e. The first-order valence-corrected chi connectivity index (χ1v) is 9.73. The number of rotatable bonds is 6. The quantitative estimate of drug-likeness (QED) is 0.457. The van der Waals surface area contributed by atoms with Crippen molar-refractivity contribution in [3.8, 4) is 17.1 Å². The van der Waals surface area contributed by atoms with Crippen LogP contribution >= 0.6 is 0 Å². The van der Waals surface area contributed by atoms with E-state index in [9.17, 15) is 0 Å². The average molecular weight is 393 g/mol. The number of hydrogen-bond acceptors (Lipinski definition) is 5. The van der Waals surface area contributed by atoms with Crippen molar-refractivity contribution in [3.63, 3.8) is 0 Å². The Labute approximate surface area is 173 Å². The number of aromatic amines is 1. The third-order valence-electron chi connectivity index (χ3n) is 4.90. The summed E-state index contributed by atoms with van der Waals surface area (Å²) in [5.74, 6) is 1.50. The van der Waals surface area contributed by atoms with Crippen LogP contribution in [0.3, 0.4) is 0 Å². The fourth-order valence-electron chi connectivity index (χ4n) is 3.44. The van der Waals surface area contributed by atoms with E-state index in [2.05, 4.69) is 62.0 Å². The van der Waals surface area contributed by atoms with Gasteiger partial charge in [-0.05, 0) is 58.3 Å². The Balaban J connectivity index is 1.29. The molecular formula is C24H19N5O. The van der Waals surface area contributed by atoms with Crippen LogP contribution in [0.15, 0.2) is 84.9 Å². The molecule has 1 N–H and O–H groups in total. The predicted octanol–water partition coefficient (Wildman–Crippen LogP) is 4.58. The lowest BCUT2D eigenvalue weighted by Crippen LogP contribution is -1.99. The number of para-hydroxylation sites is 1. The normalized spacial score (nSPS) is 10.9. The molecule has 0 fully saturated rings. The van der Waals surface area contributed by atoms with Crippen LogP contribution in [0.25, 0.3) is 22.3 Å². The van der Waals surface area contributed by atoms with Gasteiger partial charge < -0.3 is 4.74 Å². The Morgan fingerprint density at radius 2 is 1.67 bits per heavy atom. The van der Waals surface area contributed by atoms with Gasteiger partial charge in [-0.15, -0.1) is 5.10 Å². The highest BCUT2D eigenvalue weighted by Crippen LogP contribution is 2.21. The summed E-state index contributed by atoms with van der Waals surface area (Å²) < 4.78 is 6.01. The molecule has 146 valence electrons. The summed E-state index contributed by atoms with van der Waals surface area (Å²) in [7, 11) is 0. The molecule has 0 saturated heterocycles. The maximum atomic E-state index is 6.01. The third kappa shape index (κ3) is 4.03. The fourth-order valence-corrected chi connectivity index (χ4v) is 3.44. The van der Waals surface area contributed by atoms with Gasteiger partial charge >= 0.3 is 0 Å². The van der Waals surface area contributed by atoms with Gasteiger partial charge in [0.25, 0.3) is 0 Å². The second-order valence-corrected chi connectivity index (χ2v) is 7.06. The van der Waals surface area contributed by atoms with Crippen LogP contribution in [-0.4, -0.2) is 25.6 Å². The molecule has 6 heteroatoms. The van der Waals surface area contributed by atoms with E-state index in [-0.39, 0.29) is 0 Å². The Morgan fingerprint density at radius 3 is 2.57 bits per heavy atom. The van der Waals surface area contributed by atoms with Crippen LogP contribution in [0.2, 0.25) is 0 Å². The molecule has 0 aliphatic carbocycles. The van der Waals surface area contributed by atoms with E-state index >= 15 is 0 Å². The molecule has 0 saturated carbocycles. The van der Waals surface area contributed by atoms with Gasteiger partial charge in [0.15, 0.2) is 5.82 Å². The van der Waals surface area contributed by atoms with E-state index in [0.29, 0.717) is 12.4 Å². The fraction of sp³-hybridized carbons (Fsp3) is 0.0833. The lowest BCUT2D eigenvalue weighted by atomic mass is 10.0. The standard InChI is InChI=1S/C24H19N5O/c1-2-10-23-19(7-1)11-12-21(25-23)16-30-22-9-4-6-18(15-22)13-17-5-3-8-20(14-17)24-26-28-29-27-24/h1-12,14-15H,13,16H2,(H,26,27,28,29). The van der Waals surface area contributed by atoms with Crippen LogP contribution in [0.5, 0.6) is 5.75 Å². The smallest absolute Gasteiger partial charge is 0.179 e. The summed E-state index contributed by atoms with van der Waals surface area (Å²) in [5, 5.41) is 15.2. The Bertz CT molecular complexity index is 1280. The first kappa shape index (κ1) is 18.0. The lowest BCUT2D eigenvalue weighted by Gasteiger charge is -2.09. The summed E-state index contributed by atoms with van der Waals surface area (Å²) in [6, 6.07) is 28.5. The number of aromatic nitrogens is 5. The molecule has 6 nitrogen and oxygen atoms in total. The first-order chi connectivity index (χ1) is 14.8. The number of H-pyrrole nitrogens is 1. The molecule has 5 rings (SSSR count). The van der Waals surface area contributed by atoms with E-state index in [1.807, 2.05) is 48.5 Å². The van der Waals surface area contributed by atoms with Gasteiger partial charge in [-0.3, -0.25) is 0 Å². The predicted molar refractivity (Wildman–Crippen MR) is 115 cm³/mol. The Kier molecular flexibility index (Phi) is 4.88. The highest BCUT2D eigenvalue weighted by atomic mass is 16.5. The van der Waals surface area contributed by atoms with Crippen molar-refractivity contribution in [2.45, 2.75) is 13.0 Å². The van der Waals surface area contributed by atoms with Gasteiger partial charge in [0, 0.05) is 10.9 Å². The zero-order chi connectivity index (χ0) is 20.2. The number of nitrogens with one attached hydrogen (secondary N) is 1. The lowest BCUT2D eigenvalue weighted by molar-refractivity contribution is 0.301. The Morgan fingerprint density at radius 1 is 0.800 bits per heavy atom. The third-order valence-corrected chi connectivity index (χ3v) is 4.90. The van der Waals surface area contributed by atoms with E-state index in [0.717, 1.165) is 34.3 Å². The van der Waals surface area contributed by atoms with E-state index in [4.69, 9.17) is 4.74 Å². The number of hydrogen-bond donors (Lipinski definition) is 1. The van der Waals surface area contributed by atoms with Crippen LogP contribution in [0.4, 0.5) is 0 Å². The minimum absolute atomic E-state index is 0.433. The van der Waals surface area contributed by atoms with Crippen molar-refractivity contribution in [3.05, 3.63) is 102 Å². The van der Waals surface area contributed by atoms with Crippen LogP contribution in [0, 0.1) is 0 Å². The van der Waals surface area contributed by atoms with Gasteiger partial charge in [0.2, 0.25) is 0 Å². The topological polar surface area (TPSA) is 76.6 Å². The zero-order valence-electron chi connectivity index (χ0n) is 16.2. The van der Waals surface area contributed by atoms with Crippen LogP contribution < -0.4 is 4.74 Å². The molecule has 5 aromatic rings. The van der Waals surface area contributed by atoms with Crippen LogP contribution in [-0.2, 0) is 13.0 Å². The molecule has 2 aromatic heterocycles. The molecule has 30 heavy (non-hydrogen) atoms. The van der Waals surface area contributed by atoms with E-state index in [1.165, 1.54) is 11.1 Å². The minimum Gasteiger partial charge on any atom is -0.487 e. The molecule has 0 bridgehead atoms. The summed E-state index contributed by atoms with van der Waals surface area (Å²) in [6.07, 6.45) is 0.792. The molecule has 0 amide bonds. The summed E-state index contributed by atoms with van der Waals surface area (Å²) in [5.41, 5.74) is 5.21. The summed E-state index contributed by atoms with van der Waals surface area (Å²) >= 11 is 0. The van der Waals surface area contributed by atoms with Crippen molar-refractivity contribution < 1.29 is 4.74 Å². The first-order valence-electron chi connectivity index (χ1n) is 9.73. The Hall–Kier alpha value is -4.06. The molecule has 2 heterocycles. The van der Waals surface area contributed by atoms with Crippen LogP contribution in [0.1, 0.15) is 16.8 Å². The average Bonchev–Trinajstić information content (AvgIpc) is 3.33.